The molecule has 2 aromatic rings. The van der Waals surface area contributed by atoms with E-state index in [-0.39, 0.29) is 6.04 Å². The van der Waals surface area contributed by atoms with E-state index in [9.17, 15) is 18.3 Å². The van der Waals surface area contributed by atoms with Crippen molar-refractivity contribution in [3.05, 3.63) is 53.1 Å². The highest BCUT2D eigenvalue weighted by molar-refractivity contribution is 7.92. The first-order chi connectivity index (χ1) is 13.3. The van der Waals surface area contributed by atoms with Gasteiger partial charge in [0.15, 0.2) is 5.82 Å². The van der Waals surface area contributed by atoms with Crippen molar-refractivity contribution in [2.75, 3.05) is 10.8 Å². The fraction of sp³-hybridized carbons (Fsp3) is 0.333. The van der Waals surface area contributed by atoms with E-state index in [1.807, 2.05) is 12.1 Å². The second kappa shape index (κ2) is 7.02. The Hall–Kier alpha value is -2.72. The molecule has 0 saturated carbocycles. The molecule has 0 unspecified atom stereocenters. The molecule has 2 heterocycles. The highest BCUT2D eigenvalue weighted by Gasteiger charge is 2.39. The number of amides is 1. The van der Waals surface area contributed by atoms with Crippen LogP contribution in [0.5, 0.6) is 5.75 Å². The lowest BCUT2D eigenvalue weighted by Gasteiger charge is -2.28. The number of nitrogens with zero attached hydrogens (tertiary/aromatic N) is 2. The van der Waals surface area contributed by atoms with Gasteiger partial charge in [-0.25, -0.2) is 13.4 Å². The summed E-state index contributed by atoms with van der Waals surface area (Å²) in [5, 5.41) is 13.6. The van der Waals surface area contributed by atoms with Crippen molar-refractivity contribution >= 4 is 21.8 Å². The van der Waals surface area contributed by atoms with Crippen LogP contribution in [-0.2, 0) is 34.4 Å². The van der Waals surface area contributed by atoms with Gasteiger partial charge in [-0.2, -0.15) is 8.42 Å². The molecule has 1 aliphatic heterocycles. The highest BCUT2D eigenvalue weighted by atomic mass is 32.2. The minimum atomic E-state index is -4.21. The fourth-order valence-electron chi connectivity index (χ4n) is 3.66. The topological polar surface area (TPSA) is 112 Å². The predicted molar refractivity (Wildman–Crippen MR) is 99.4 cm³/mol. The predicted octanol–water partition coefficient (Wildman–Crippen LogP) is 0.754. The summed E-state index contributed by atoms with van der Waals surface area (Å²) >= 11 is 0. The van der Waals surface area contributed by atoms with Gasteiger partial charge < -0.3 is 10.4 Å². The number of aromatic hydroxyl groups is 1. The van der Waals surface area contributed by atoms with E-state index < -0.39 is 39.9 Å². The van der Waals surface area contributed by atoms with Crippen LogP contribution in [0, 0.1) is 5.82 Å². The molecule has 1 fully saturated rings. The number of aryl methyl sites for hydroxylation is 1. The Bertz CT molecular complexity index is 1030. The van der Waals surface area contributed by atoms with Crippen molar-refractivity contribution in [2.45, 2.75) is 31.8 Å². The number of carbonyl (C=O) groups is 1. The summed E-state index contributed by atoms with van der Waals surface area (Å²) < 4.78 is 41.7. The van der Waals surface area contributed by atoms with E-state index in [1.54, 1.807) is 17.1 Å². The van der Waals surface area contributed by atoms with Crippen LogP contribution in [-0.4, -0.2) is 37.0 Å². The molecule has 0 radical (unpaired) electrons. The van der Waals surface area contributed by atoms with E-state index in [4.69, 9.17) is 0 Å². The molecule has 1 aliphatic carbocycles. The first kappa shape index (κ1) is 18.6. The molecule has 1 saturated heterocycles. The molecule has 2 aliphatic rings. The fourth-order valence-corrected chi connectivity index (χ4v) is 4.82. The van der Waals surface area contributed by atoms with Crippen LogP contribution in [0.1, 0.15) is 23.1 Å². The number of benzene rings is 1. The van der Waals surface area contributed by atoms with Crippen LogP contribution in [0.25, 0.3) is 0 Å². The van der Waals surface area contributed by atoms with Gasteiger partial charge in [0.1, 0.15) is 18.0 Å². The van der Waals surface area contributed by atoms with Crippen molar-refractivity contribution in [1.29, 1.82) is 0 Å². The Labute approximate surface area is 161 Å². The van der Waals surface area contributed by atoms with Gasteiger partial charge >= 0.3 is 10.2 Å². The number of halogens is 1. The van der Waals surface area contributed by atoms with Gasteiger partial charge in [0.2, 0.25) is 0 Å². The molecule has 148 valence electrons. The molecular formula is C18H19FN4O4S. The second-order valence-electron chi connectivity index (χ2n) is 6.91. The summed E-state index contributed by atoms with van der Waals surface area (Å²) in [6, 6.07) is 5.17. The number of pyridine rings is 1. The van der Waals surface area contributed by atoms with Crippen LogP contribution in [0.3, 0.4) is 0 Å². The van der Waals surface area contributed by atoms with Gasteiger partial charge in [-0.1, -0.05) is 6.07 Å². The molecule has 10 heteroatoms. The standard InChI is InChI=1S/C18H19FN4O4S/c19-17-14-7-13(21-9-11-2-1-5-20-8-11)4-3-12(14)6-15(24)18(17)23-10-16(25)22-28(23,26)27/h1-2,5-6,8,13,21,24H,3-4,7,9-10H2,(H,22,25)/t13-/m1/s1. The van der Waals surface area contributed by atoms with E-state index >= 15 is 4.39 Å². The van der Waals surface area contributed by atoms with Gasteiger partial charge in [0.05, 0.1) is 0 Å². The third-order valence-corrected chi connectivity index (χ3v) is 6.39. The van der Waals surface area contributed by atoms with Crippen molar-refractivity contribution in [3.8, 4) is 5.75 Å². The SMILES string of the molecule is O=C1CN(c2c(O)cc3c(c2F)C[C@H](NCc2cccnc2)CC3)S(=O)(=O)N1. The number of hydrogen-bond acceptors (Lipinski definition) is 6. The Kier molecular flexibility index (Phi) is 4.68. The summed E-state index contributed by atoms with van der Waals surface area (Å²) in [6.07, 6.45) is 5.10. The molecule has 8 nitrogen and oxygen atoms in total. The molecular weight excluding hydrogens is 387 g/mol. The number of fused-ring (bicyclic) bond motifs is 1. The van der Waals surface area contributed by atoms with Gasteiger partial charge in [0, 0.05) is 25.0 Å². The van der Waals surface area contributed by atoms with Gasteiger partial charge in [-0.3, -0.25) is 9.78 Å². The number of rotatable bonds is 4. The Balaban J connectivity index is 1.60. The van der Waals surface area contributed by atoms with Crippen LogP contribution in [0.4, 0.5) is 10.1 Å². The summed E-state index contributed by atoms with van der Waals surface area (Å²) in [4.78, 5) is 15.5. The molecule has 0 spiro atoms. The summed E-state index contributed by atoms with van der Waals surface area (Å²) in [5.41, 5.74) is 1.53. The first-order valence-electron chi connectivity index (χ1n) is 8.84. The molecule has 3 N–H and O–H groups in total. The van der Waals surface area contributed by atoms with Gasteiger partial charge in [0.25, 0.3) is 5.91 Å². The molecule has 1 aromatic heterocycles. The lowest BCUT2D eigenvalue weighted by molar-refractivity contribution is -0.117. The number of anilines is 1. The summed E-state index contributed by atoms with van der Waals surface area (Å²) in [7, 11) is -4.21. The number of phenolic OH excluding ortho intramolecular Hbond substituents is 1. The molecule has 1 amide bonds. The average Bonchev–Trinajstić information content (AvgIpc) is 2.93. The van der Waals surface area contributed by atoms with Crippen LogP contribution in [0.15, 0.2) is 30.6 Å². The van der Waals surface area contributed by atoms with Crippen molar-refractivity contribution in [3.63, 3.8) is 0 Å². The minimum absolute atomic E-state index is 0.00505. The van der Waals surface area contributed by atoms with Crippen molar-refractivity contribution < 1.29 is 22.7 Å². The zero-order chi connectivity index (χ0) is 19.9. The number of aromatic nitrogens is 1. The quantitative estimate of drug-likeness (QED) is 0.691. The molecule has 28 heavy (non-hydrogen) atoms. The van der Waals surface area contributed by atoms with Crippen LogP contribution < -0.4 is 14.3 Å². The van der Waals surface area contributed by atoms with Gasteiger partial charge in [-0.15, -0.1) is 0 Å². The van der Waals surface area contributed by atoms with Crippen molar-refractivity contribution in [1.82, 2.24) is 15.0 Å². The monoisotopic (exact) mass is 406 g/mol. The maximum atomic E-state index is 15.2. The van der Waals surface area contributed by atoms with E-state index in [1.165, 1.54) is 6.07 Å². The highest BCUT2D eigenvalue weighted by Crippen LogP contribution is 2.39. The smallest absolute Gasteiger partial charge is 0.326 e. The third-order valence-electron chi connectivity index (χ3n) is 5.01. The second-order valence-corrected chi connectivity index (χ2v) is 8.51. The zero-order valence-electron chi connectivity index (χ0n) is 14.9. The molecule has 4 rings (SSSR count). The summed E-state index contributed by atoms with van der Waals surface area (Å²) in [6.45, 7) is 0.0214. The lowest BCUT2D eigenvalue weighted by atomic mass is 9.87. The van der Waals surface area contributed by atoms with Crippen molar-refractivity contribution in [2.24, 2.45) is 0 Å². The largest absolute Gasteiger partial charge is 0.506 e. The number of carbonyl (C=O) groups excluding carboxylic acids is 1. The molecule has 1 atom stereocenters. The Morgan fingerprint density at radius 3 is 2.93 bits per heavy atom. The van der Waals surface area contributed by atoms with E-state index in [0.29, 0.717) is 34.8 Å². The minimum Gasteiger partial charge on any atom is -0.506 e. The van der Waals surface area contributed by atoms with E-state index in [2.05, 4.69) is 10.3 Å². The average molecular weight is 406 g/mol. The number of hydrogen-bond donors (Lipinski definition) is 3. The van der Waals surface area contributed by atoms with E-state index in [0.717, 1.165) is 12.0 Å². The Morgan fingerprint density at radius 1 is 1.43 bits per heavy atom. The van der Waals surface area contributed by atoms with Gasteiger partial charge in [-0.05, 0) is 48.1 Å². The number of nitrogens with one attached hydrogen (secondary N) is 2. The third kappa shape index (κ3) is 3.40. The molecule has 0 bridgehead atoms. The maximum absolute atomic E-state index is 15.2. The summed E-state index contributed by atoms with van der Waals surface area (Å²) in [5.74, 6) is -2.06. The Morgan fingerprint density at radius 2 is 2.25 bits per heavy atom. The van der Waals surface area contributed by atoms with Crippen LogP contribution >= 0.6 is 0 Å². The lowest BCUT2D eigenvalue weighted by Crippen LogP contribution is -2.35. The molecule has 1 aromatic carbocycles. The number of phenols is 1. The zero-order valence-corrected chi connectivity index (χ0v) is 15.7. The van der Waals surface area contributed by atoms with Crippen LogP contribution in [0.2, 0.25) is 0 Å². The maximum Gasteiger partial charge on any atom is 0.326 e. The first-order valence-corrected chi connectivity index (χ1v) is 10.3. The normalized spacial score (nSPS) is 20.7.